The minimum atomic E-state index is -1.02. The number of primary amides is 1. The summed E-state index contributed by atoms with van der Waals surface area (Å²) in [6.07, 6.45) is 0. The topological polar surface area (TPSA) is 132 Å². The molecule has 0 radical (unpaired) electrons. The standard InChI is InChI=1S/C20H25N3O3/c1-9(2)13-14(10(3)4)17(21)15(18(22)16(13)19(23)24)11-5-7-12(8-6-11)20(25)26/h5-10H,21-22H2,1-4H3,(H2,23,24)(H,25,26). The number of carbonyl (C=O) groups excluding carboxylic acids is 1. The smallest absolute Gasteiger partial charge is 0.335 e. The van der Waals surface area contributed by atoms with Crippen LogP contribution < -0.4 is 17.2 Å². The van der Waals surface area contributed by atoms with E-state index in [1.807, 2.05) is 27.7 Å². The molecule has 0 unspecified atom stereocenters. The highest BCUT2D eigenvalue weighted by Gasteiger charge is 2.27. The van der Waals surface area contributed by atoms with Gasteiger partial charge in [0.15, 0.2) is 0 Å². The molecule has 0 aliphatic carbocycles. The Balaban J connectivity index is 2.90. The monoisotopic (exact) mass is 355 g/mol. The Labute approximate surface area is 153 Å². The van der Waals surface area contributed by atoms with E-state index < -0.39 is 11.9 Å². The van der Waals surface area contributed by atoms with E-state index in [1.54, 1.807) is 12.1 Å². The number of amides is 1. The maximum atomic E-state index is 12.2. The first kappa shape index (κ1) is 19.3. The lowest BCUT2D eigenvalue weighted by molar-refractivity contribution is 0.0696. The van der Waals surface area contributed by atoms with Crippen LogP contribution in [0.3, 0.4) is 0 Å². The Kier molecular flexibility index (Phi) is 5.25. The van der Waals surface area contributed by atoms with E-state index in [9.17, 15) is 9.59 Å². The molecule has 138 valence electrons. The van der Waals surface area contributed by atoms with Crippen molar-refractivity contribution in [1.82, 2.24) is 0 Å². The lowest BCUT2D eigenvalue weighted by atomic mass is 9.81. The highest BCUT2D eigenvalue weighted by atomic mass is 16.4. The van der Waals surface area contributed by atoms with E-state index in [0.29, 0.717) is 16.8 Å². The fourth-order valence-corrected chi connectivity index (χ4v) is 3.41. The van der Waals surface area contributed by atoms with Gasteiger partial charge in [0.05, 0.1) is 16.8 Å². The largest absolute Gasteiger partial charge is 0.478 e. The van der Waals surface area contributed by atoms with Gasteiger partial charge in [-0.3, -0.25) is 4.79 Å². The van der Waals surface area contributed by atoms with Gasteiger partial charge < -0.3 is 22.3 Å². The maximum absolute atomic E-state index is 12.2. The SMILES string of the molecule is CC(C)c1c(N)c(-c2ccc(C(=O)O)cc2)c(N)c(C(N)=O)c1C(C)C. The molecule has 0 aliphatic heterocycles. The summed E-state index contributed by atoms with van der Waals surface area (Å²) in [6, 6.07) is 6.22. The predicted octanol–water partition coefficient (Wildman–Crippen LogP) is 3.56. The van der Waals surface area contributed by atoms with E-state index in [4.69, 9.17) is 22.3 Å². The molecule has 0 spiro atoms. The zero-order chi connectivity index (χ0) is 19.8. The molecule has 26 heavy (non-hydrogen) atoms. The highest BCUT2D eigenvalue weighted by Crippen LogP contribution is 2.44. The van der Waals surface area contributed by atoms with Crippen molar-refractivity contribution in [1.29, 1.82) is 0 Å². The van der Waals surface area contributed by atoms with Crippen molar-refractivity contribution in [2.75, 3.05) is 11.5 Å². The van der Waals surface area contributed by atoms with Crippen LogP contribution in [0.25, 0.3) is 11.1 Å². The lowest BCUT2D eigenvalue weighted by Crippen LogP contribution is -2.21. The van der Waals surface area contributed by atoms with Crippen molar-refractivity contribution in [3.05, 3.63) is 46.5 Å². The summed E-state index contributed by atoms with van der Waals surface area (Å²) < 4.78 is 0. The number of nitrogen functional groups attached to an aromatic ring is 2. The number of hydrogen-bond acceptors (Lipinski definition) is 4. The van der Waals surface area contributed by atoms with Crippen LogP contribution in [0.1, 0.15) is 71.4 Å². The number of rotatable bonds is 5. The van der Waals surface area contributed by atoms with Gasteiger partial charge in [-0.25, -0.2) is 4.79 Å². The van der Waals surface area contributed by atoms with Gasteiger partial charge in [0.25, 0.3) is 5.91 Å². The van der Waals surface area contributed by atoms with Gasteiger partial charge in [-0.1, -0.05) is 39.8 Å². The molecule has 2 aromatic rings. The van der Waals surface area contributed by atoms with Gasteiger partial charge in [-0.2, -0.15) is 0 Å². The van der Waals surface area contributed by atoms with Crippen LogP contribution in [0.5, 0.6) is 0 Å². The molecule has 6 heteroatoms. The summed E-state index contributed by atoms with van der Waals surface area (Å²) in [5, 5.41) is 9.08. The summed E-state index contributed by atoms with van der Waals surface area (Å²) in [4.78, 5) is 23.3. The van der Waals surface area contributed by atoms with Crippen molar-refractivity contribution in [2.45, 2.75) is 39.5 Å². The van der Waals surface area contributed by atoms with Crippen molar-refractivity contribution in [3.8, 4) is 11.1 Å². The summed E-state index contributed by atoms with van der Waals surface area (Å²) >= 11 is 0. The Morgan fingerprint density at radius 1 is 0.885 bits per heavy atom. The van der Waals surface area contributed by atoms with Gasteiger partial charge in [-0.15, -0.1) is 0 Å². The van der Waals surface area contributed by atoms with Crippen molar-refractivity contribution >= 4 is 23.3 Å². The third kappa shape index (κ3) is 3.22. The average Bonchev–Trinajstić information content (AvgIpc) is 2.53. The van der Waals surface area contributed by atoms with Gasteiger partial charge in [0, 0.05) is 11.3 Å². The average molecular weight is 355 g/mol. The van der Waals surface area contributed by atoms with E-state index in [1.165, 1.54) is 12.1 Å². The summed E-state index contributed by atoms with van der Waals surface area (Å²) in [6.45, 7) is 7.92. The second kappa shape index (κ2) is 7.07. The molecule has 7 N–H and O–H groups in total. The van der Waals surface area contributed by atoms with Crippen LogP contribution in [0.2, 0.25) is 0 Å². The van der Waals surface area contributed by atoms with Crippen LogP contribution in [-0.4, -0.2) is 17.0 Å². The Bertz CT molecular complexity index is 869. The van der Waals surface area contributed by atoms with Crippen molar-refractivity contribution < 1.29 is 14.7 Å². The number of carboxylic acids is 1. The van der Waals surface area contributed by atoms with Gasteiger partial charge in [-0.05, 0) is 40.7 Å². The van der Waals surface area contributed by atoms with Crippen LogP contribution >= 0.6 is 0 Å². The molecule has 0 fully saturated rings. The molecule has 0 heterocycles. The first-order valence-corrected chi connectivity index (χ1v) is 8.46. The molecule has 1 amide bonds. The maximum Gasteiger partial charge on any atom is 0.335 e. The summed E-state index contributed by atoms with van der Waals surface area (Å²) in [7, 11) is 0. The summed E-state index contributed by atoms with van der Waals surface area (Å²) in [5.41, 5.74) is 22.4. The number of hydrogen-bond donors (Lipinski definition) is 4. The third-order valence-electron chi connectivity index (χ3n) is 4.48. The normalized spacial score (nSPS) is 11.2. The molecular formula is C20H25N3O3. The van der Waals surface area contributed by atoms with Crippen LogP contribution in [0, 0.1) is 0 Å². The molecule has 2 aromatic carbocycles. The second-order valence-electron chi connectivity index (χ2n) is 6.96. The van der Waals surface area contributed by atoms with E-state index >= 15 is 0 Å². The summed E-state index contributed by atoms with van der Waals surface area (Å²) in [5.74, 6) is -1.55. The Morgan fingerprint density at radius 3 is 1.77 bits per heavy atom. The number of anilines is 2. The second-order valence-corrected chi connectivity index (χ2v) is 6.96. The quantitative estimate of drug-likeness (QED) is 0.609. The van der Waals surface area contributed by atoms with Crippen molar-refractivity contribution in [3.63, 3.8) is 0 Å². The highest BCUT2D eigenvalue weighted by molar-refractivity contribution is 6.07. The zero-order valence-corrected chi connectivity index (χ0v) is 15.5. The molecule has 0 aliphatic rings. The molecule has 0 saturated carbocycles. The molecule has 0 saturated heterocycles. The van der Waals surface area contributed by atoms with Crippen LogP contribution in [0.4, 0.5) is 11.4 Å². The van der Waals surface area contributed by atoms with E-state index in [-0.39, 0.29) is 28.7 Å². The minimum absolute atomic E-state index is 0.0166. The van der Waals surface area contributed by atoms with Gasteiger partial charge in [0.2, 0.25) is 0 Å². The Hall–Kier alpha value is -3.02. The molecule has 2 rings (SSSR count). The molecule has 6 nitrogen and oxygen atoms in total. The van der Waals surface area contributed by atoms with Gasteiger partial charge in [0.1, 0.15) is 0 Å². The van der Waals surface area contributed by atoms with Crippen molar-refractivity contribution in [2.24, 2.45) is 5.73 Å². The fraction of sp³-hybridized carbons (Fsp3) is 0.300. The third-order valence-corrected chi connectivity index (χ3v) is 4.48. The molecule has 0 atom stereocenters. The fourth-order valence-electron chi connectivity index (χ4n) is 3.41. The lowest BCUT2D eigenvalue weighted by Gasteiger charge is -2.26. The number of nitrogens with two attached hydrogens (primary N) is 3. The first-order chi connectivity index (χ1) is 12.1. The van der Waals surface area contributed by atoms with Gasteiger partial charge >= 0.3 is 5.97 Å². The van der Waals surface area contributed by atoms with Crippen LogP contribution in [0.15, 0.2) is 24.3 Å². The van der Waals surface area contributed by atoms with Crippen LogP contribution in [-0.2, 0) is 0 Å². The van der Waals surface area contributed by atoms with E-state index in [2.05, 4.69) is 0 Å². The van der Waals surface area contributed by atoms with E-state index in [0.717, 1.165) is 11.1 Å². The zero-order valence-electron chi connectivity index (χ0n) is 15.5. The minimum Gasteiger partial charge on any atom is -0.478 e. The number of aromatic carboxylic acids is 1. The predicted molar refractivity (Wildman–Crippen MR) is 104 cm³/mol. The molecule has 0 aromatic heterocycles. The number of benzene rings is 2. The number of carbonyl (C=O) groups is 2. The molecule has 0 bridgehead atoms. The first-order valence-electron chi connectivity index (χ1n) is 8.46. The molecular weight excluding hydrogens is 330 g/mol. The Morgan fingerprint density at radius 2 is 1.38 bits per heavy atom. The number of carboxylic acid groups (broad SMARTS) is 1.